The Bertz CT molecular complexity index is 1220. The molecule has 7 nitrogen and oxygen atoms in total. The molecule has 0 fully saturated rings. The first-order valence-electron chi connectivity index (χ1n) is 9.36. The van der Waals surface area contributed by atoms with Crippen molar-refractivity contribution >= 4 is 39.6 Å². The molecule has 0 heterocycles. The van der Waals surface area contributed by atoms with Crippen LogP contribution in [0.1, 0.15) is 23.6 Å². The van der Waals surface area contributed by atoms with Gasteiger partial charge in [0.1, 0.15) is 17.3 Å². The Labute approximate surface area is 180 Å². The molecule has 4 N–H and O–H groups in total. The molecule has 31 heavy (non-hydrogen) atoms. The minimum absolute atomic E-state index is 0.211. The molecule has 8 heteroatoms. The van der Waals surface area contributed by atoms with Crippen molar-refractivity contribution in [1.29, 1.82) is 0 Å². The second-order valence-corrected chi connectivity index (χ2v) is 8.20. The molecular formula is C23H22N2O5S. The van der Waals surface area contributed by atoms with Crippen molar-refractivity contribution < 1.29 is 22.5 Å². The average Bonchev–Trinajstić information content (AvgIpc) is 2.72. The SMILES string of the molecule is CC(=O)Nc1ccc(C=Cc2ccc(N)cc2S(=O)(=O)O)c(OCc2ccccc2)c1. The number of amides is 1. The Balaban J connectivity index is 1.95. The van der Waals surface area contributed by atoms with Crippen molar-refractivity contribution in [3.63, 3.8) is 0 Å². The van der Waals surface area contributed by atoms with Crippen LogP contribution in [-0.4, -0.2) is 18.9 Å². The lowest BCUT2D eigenvalue weighted by Gasteiger charge is -2.12. The summed E-state index contributed by atoms with van der Waals surface area (Å²) in [6, 6.07) is 19.0. The fraction of sp³-hybridized carbons (Fsp3) is 0.0870. The van der Waals surface area contributed by atoms with Gasteiger partial charge in [-0.25, -0.2) is 0 Å². The quantitative estimate of drug-likeness (QED) is 0.289. The fourth-order valence-electron chi connectivity index (χ4n) is 2.90. The first-order chi connectivity index (χ1) is 14.7. The van der Waals surface area contributed by atoms with Gasteiger partial charge in [0.15, 0.2) is 0 Å². The van der Waals surface area contributed by atoms with Crippen LogP contribution in [-0.2, 0) is 21.5 Å². The second kappa shape index (κ2) is 9.46. The molecule has 3 aromatic carbocycles. The maximum atomic E-state index is 11.7. The predicted molar refractivity (Wildman–Crippen MR) is 121 cm³/mol. The molecule has 160 valence electrons. The molecule has 3 aromatic rings. The Hall–Kier alpha value is -3.62. The Morgan fingerprint density at radius 2 is 1.71 bits per heavy atom. The zero-order valence-electron chi connectivity index (χ0n) is 16.8. The van der Waals surface area contributed by atoms with Crippen LogP contribution in [0, 0.1) is 0 Å². The van der Waals surface area contributed by atoms with E-state index in [4.69, 9.17) is 10.5 Å². The summed E-state index contributed by atoms with van der Waals surface area (Å²) in [5.41, 5.74) is 8.34. The van der Waals surface area contributed by atoms with Gasteiger partial charge in [-0.1, -0.05) is 48.6 Å². The van der Waals surface area contributed by atoms with Gasteiger partial charge in [-0.3, -0.25) is 9.35 Å². The summed E-state index contributed by atoms with van der Waals surface area (Å²) in [5, 5.41) is 2.71. The zero-order valence-corrected chi connectivity index (χ0v) is 17.6. The number of nitrogen functional groups attached to an aromatic ring is 1. The lowest BCUT2D eigenvalue weighted by molar-refractivity contribution is -0.114. The highest BCUT2D eigenvalue weighted by atomic mass is 32.2. The maximum Gasteiger partial charge on any atom is 0.295 e. The van der Waals surface area contributed by atoms with Gasteiger partial charge >= 0.3 is 0 Å². The smallest absolute Gasteiger partial charge is 0.295 e. The summed E-state index contributed by atoms with van der Waals surface area (Å²) in [6.07, 6.45) is 3.21. The minimum Gasteiger partial charge on any atom is -0.488 e. The van der Waals surface area contributed by atoms with E-state index in [-0.39, 0.29) is 22.1 Å². The van der Waals surface area contributed by atoms with Crippen molar-refractivity contribution in [2.45, 2.75) is 18.4 Å². The van der Waals surface area contributed by atoms with E-state index < -0.39 is 10.1 Å². The Kier molecular flexibility index (Phi) is 6.74. The molecule has 0 unspecified atom stereocenters. The third-order valence-electron chi connectivity index (χ3n) is 4.33. The van der Waals surface area contributed by atoms with Gasteiger partial charge in [-0.05, 0) is 35.4 Å². The number of nitrogens with two attached hydrogens (primary N) is 1. The van der Waals surface area contributed by atoms with Crippen LogP contribution in [0.5, 0.6) is 5.75 Å². The van der Waals surface area contributed by atoms with Crippen LogP contribution in [0.2, 0.25) is 0 Å². The maximum absolute atomic E-state index is 11.7. The molecule has 0 atom stereocenters. The first kappa shape index (κ1) is 22.1. The lowest BCUT2D eigenvalue weighted by Crippen LogP contribution is -2.06. The molecule has 0 saturated carbocycles. The molecule has 0 spiro atoms. The molecule has 0 radical (unpaired) electrons. The van der Waals surface area contributed by atoms with Crippen molar-refractivity contribution in [3.8, 4) is 5.75 Å². The number of benzene rings is 3. The number of ether oxygens (including phenoxy) is 1. The zero-order chi connectivity index (χ0) is 22.4. The normalized spacial score (nSPS) is 11.4. The van der Waals surface area contributed by atoms with Gasteiger partial charge in [0.25, 0.3) is 10.1 Å². The second-order valence-electron chi connectivity index (χ2n) is 6.81. The molecular weight excluding hydrogens is 416 g/mol. The van der Waals surface area contributed by atoms with E-state index in [1.54, 1.807) is 36.4 Å². The van der Waals surface area contributed by atoms with Gasteiger partial charge in [0.05, 0.1) is 0 Å². The van der Waals surface area contributed by atoms with Crippen molar-refractivity contribution in [2.24, 2.45) is 0 Å². The number of carbonyl (C=O) groups excluding carboxylic acids is 1. The topological polar surface area (TPSA) is 119 Å². The summed E-state index contributed by atoms with van der Waals surface area (Å²) in [4.78, 5) is 11.1. The molecule has 0 aromatic heterocycles. The Morgan fingerprint density at radius 3 is 2.39 bits per heavy atom. The standard InChI is InChI=1S/C23H22N2O5S/c1-16(26)25-21-12-10-18(22(14-21)30-15-17-5-3-2-4-6-17)7-8-19-9-11-20(24)13-23(19)31(27,28)29/h2-14H,15,24H2,1H3,(H,25,26)(H,27,28,29). The molecule has 0 saturated heterocycles. The van der Waals surface area contributed by atoms with E-state index in [1.165, 1.54) is 19.1 Å². The third kappa shape index (κ3) is 6.18. The number of nitrogens with one attached hydrogen (secondary N) is 1. The highest BCUT2D eigenvalue weighted by Crippen LogP contribution is 2.28. The highest BCUT2D eigenvalue weighted by molar-refractivity contribution is 7.86. The van der Waals surface area contributed by atoms with E-state index in [9.17, 15) is 17.8 Å². The van der Waals surface area contributed by atoms with E-state index in [0.29, 0.717) is 23.6 Å². The van der Waals surface area contributed by atoms with Crippen molar-refractivity contribution in [3.05, 3.63) is 83.4 Å². The average molecular weight is 439 g/mol. The van der Waals surface area contributed by atoms with Gasteiger partial charge in [-0.2, -0.15) is 8.42 Å². The number of hydrogen-bond acceptors (Lipinski definition) is 5. The predicted octanol–water partition coefficient (Wildman–Crippen LogP) is 4.22. The summed E-state index contributed by atoms with van der Waals surface area (Å²) in [7, 11) is -4.45. The number of rotatable bonds is 7. The first-order valence-corrected chi connectivity index (χ1v) is 10.8. The third-order valence-corrected chi connectivity index (χ3v) is 5.24. The fourth-order valence-corrected chi connectivity index (χ4v) is 3.62. The minimum atomic E-state index is -4.45. The van der Waals surface area contributed by atoms with Crippen molar-refractivity contribution in [2.75, 3.05) is 11.1 Å². The van der Waals surface area contributed by atoms with Crippen LogP contribution >= 0.6 is 0 Å². The molecule has 3 rings (SSSR count). The number of carbonyl (C=O) groups is 1. The number of hydrogen-bond donors (Lipinski definition) is 3. The molecule has 1 amide bonds. The van der Waals surface area contributed by atoms with Crippen molar-refractivity contribution in [1.82, 2.24) is 0 Å². The monoisotopic (exact) mass is 438 g/mol. The summed E-state index contributed by atoms with van der Waals surface area (Å²) in [6.45, 7) is 1.72. The van der Waals surface area contributed by atoms with Crippen LogP contribution in [0.25, 0.3) is 12.2 Å². The lowest BCUT2D eigenvalue weighted by atomic mass is 10.1. The summed E-state index contributed by atoms with van der Waals surface area (Å²) in [5.74, 6) is 0.284. The largest absolute Gasteiger partial charge is 0.488 e. The number of anilines is 2. The summed E-state index contributed by atoms with van der Waals surface area (Å²) < 4.78 is 38.8. The van der Waals surface area contributed by atoms with Gasteiger partial charge < -0.3 is 15.8 Å². The van der Waals surface area contributed by atoms with E-state index in [0.717, 1.165) is 5.56 Å². The van der Waals surface area contributed by atoms with E-state index in [2.05, 4.69) is 5.32 Å². The van der Waals surface area contributed by atoms with Gasteiger partial charge in [0, 0.05) is 29.9 Å². The Morgan fingerprint density at radius 1 is 1.03 bits per heavy atom. The van der Waals surface area contributed by atoms with E-state index in [1.807, 2.05) is 30.3 Å². The molecule has 0 bridgehead atoms. The molecule has 0 aliphatic carbocycles. The summed E-state index contributed by atoms with van der Waals surface area (Å²) >= 11 is 0. The van der Waals surface area contributed by atoms with Crippen LogP contribution in [0.15, 0.2) is 71.6 Å². The van der Waals surface area contributed by atoms with Gasteiger partial charge in [0.2, 0.25) is 5.91 Å². The van der Waals surface area contributed by atoms with Gasteiger partial charge in [-0.15, -0.1) is 0 Å². The van der Waals surface area contributed by atoms with Crippen LogP contribution < -0.4 is 15.8 Å². The molecule has 0 aliphatic heterocycles. The molecule has 0 aliphatic rings. The highest BCUT2D eigenvalue weighted by Gasteiger charge is 2.14. The van der Waals surface area contributed by atoms with Crippen LogP contribution in [0.4, 0.5) is 11.4 Å². The van der Waals surface area contributed by atoms with Crippen LogP contribution in [0.3, 0.4) is 0 Å². The van der Waals surface area contributed by atoms with E-state index >= 15 is 0 Å².